The number of aromatic nitrogens is 3. The molecule has 2 amide bonds. The topological polar surface area (TPSA) is 104 Å². The van der Waals surface area contributed by atoms with Gasteiger partial charge in [0.1, 0.15) is 29.6 Å². The Kier molecular flexibility index (Phi) is 6.29. The molecule has 0 spiro atoms. The maximum atomic E-state index is 12.8. The lowest BCUT2D eigenvalue weighted by atomic mass is 10.3. The van der Waals surface area contributed by atoms with Crippen LogP contribution in [0.25, 0.3) is 0 Å². The molecule has 4 N–H and O–H groups in total. The van der Waals surface area contributed by atoms with Gasteiger partial charge in [0.25, 0.3) is 0 Å². The first-order valence-corrected chi connectivity index (χ1v) is 8.64. The number of nitrogens with zero attached hydrogens (tertiary/aromatic N) is 3. The SMILES string of the molecule is Cc1ccnc(Nc2cc(NCCNC(=O)Nc3ccc(F)cc3)ncn2)c1. The first kappa shape index (κ1) is 19.0. The average molecular weight is 381 g/mol. The Morgan fingerprint density at radius 2 is 1.71 bits per heavy atom. The van der Waals surface area contributed by atoms with E-state index in [9.17, 15) is 9.18 Å². The van der Waals surface area contributed by atoms with Gasteiger partial charge < -0.3 is 21.3 Å². The van der Waals surface area contributed by atoms with E-state index < -0.39 is 0 Å². The van der Waals surface area contributed by atoms with E-state index in [1.807, 2.05) is 19.1 Å². The number of pyridine rings is 1. The van der Waals surface area contributed by atoms with Crippen molar-refractivity contribution in [2.75, 3.05) is 29.0 Å². The van der Waals surface area contributed by atoms with Crippen molar-refractivity contribution >= 4 is 29.2 Å². The first-order valence-electron chi connectivity index (χ1n) is 8.64. The van der Waals surface area contributed by atoms with E-state index in [1.165, 1.54) is 30.6 Å². The molecule has 0 unspecified atom stereocenters. The molecule has 0 aliphatic carbocycles. The van der Waals surface area contributed by atoms with Crippen LogP contribution in [0.2, 0.25) is 0 Å². The Labute approximate surface area is 161 Å². The molecule has 8 nitrogen and oxygen atoms in total. The number of amides is 2. The normalized spacial score (nSPS) is 10.2. The van der Waals surface area contributed by atoms with E-state index in [1.54, 1.807) is 12.3 Å². The zero-order valence-electron chi connectivity index (χ0n) is 15.2. The third kappa shape index (κ3) is 5.90. The van der Waals surface area contributed by atoms with Crippen molar-refractivity contribution in [1.29, 1.82) is 0 Å². The fourth-order valence-corrected chi connectivity index (χ4v) is 2.33. The first-order chi connectivity index (χ1) is 13.6. The van der Waals surface area contributed by atoms with E-state index in [0.717, 1.165) is 5.56 Å². The van der Waals surface area contributed by atoms with Crippen molar-refractivity contribution < 1.29 is 9.18 Å². The van der Waals surface area contributed by atoms with Gasteiger partial charge in [-0.05, 0) is 48.9 Å². The number of hydrogen-bond donors (Lipinski definition) is 4. The molecular weight excluding hydrogens is 361 g/mol. The number of benzene rings is 1. The van der Waals surface area contributed by atoms with Crippen molar-refractivity contribution in [3.63, 3.8) is 0 Å². The summed E-state index contributed by atoms with van der Waals surface area (Å²) in [5, 5.41) is 11.5. The summed E-state index contributed by atoms with van der Waals surface area (Å²) < 4.78 is 12.8. The zero-order valence-corrected chi connectivity index (χ0v) is 15.2. The third-order valence-electron chi connectivity index (χ3n) is 3.66. The van der Waals surface area contributed by atoms with Gasteiger partial charge in [-0.25, -0.2) is 24.1 Å². The molecule has 3 rings (SSSR count). The van der Waals surface area contributed by atoms with Crippen molar-refractivity contribution in [3.8, 4) is 0 Å². The van der Waals surface area contributed by atoms with Crippen molar-refractivity contribution in [1.82, 2.24) is 20.3 Å². The molecule has 28 heavy (non-hydrogen) atoms. The fourth-order valence-electron chi connectivity index (χ4n) is 2.33. The molecule has 0 aliphatic heterocycles. The molecule has 2 aromatic heterocycles. The van der Waals surface area contributed by atoms with Gasteiger partial charge in [0.15, 0.2) is 0 Å². The van der Waals surface area contributed by atoms with E-state index in [0.29, 0.717) is 36.2 Å². The number of carbonyl (C=O) groups excluding carboxylic acids is 1. The zero-order chi connectivity index (χ0) is 19.8. The number of nitrogens with one attached hydrogen (secondary N) is 4. The van der Waals surface area contributed by atoms with Gasteiger partial charge in [-0.1, -0.05) is 0 Å². The molecule has 9 heteroatoms. The van der Waals surface area contributed by atoms with Gasteiger partial charge in [-0.2, -0.15) is 0 Å². The Bertz CT molecular complexity index is 934. The minimum absolute atomic E-state index is 0.355. The minimum Gasteiger partial charge on any atom is -0.368 e. The smallest absolute Gasteiger partial charge is 0.319 e. The number of hydrogen-bond acceptors (Lipinski definition) is 6. The number of aryl methyl sites for hydroxylation is 1. The Morgan fingerprint density at radius 1 is 0.964 bits per heavy atom. The van der Waals surface area contributed by atoms with Crippen LogP contribution < -0.4 is 21.3 Å². The molecule has 0 radical (unpaired) electrons. The van der Waals surface area contributed by atoms with Gasteiger partial charge in [0, 0.05) is 31.0 Å². The summed E-state index contributed by atoms with van der Waals surface area (Å²) in [6.07, 6.45) is 3.16. The van der Waals surface area contributed by atoms with Gasteiger partial charge >= 0.3 is 6.03 Å². The van der Waals surface area contributed by atoms with Crippen molar-refractivity contribution in [3.05, 3.63) is 66.4 Å². The lowest BCUT2D eigenvalue weighted by molar-refractivity contribution is 0.252. The summed E-state index contributed by atoms with van der Waals surface area (Å²) in [6.45, 7) is 2.83. The van der Waals surface area contributed by atoms with Crippen molar-refractivity contribution in [2.45, 2.75) is 6.92 Å². The van der Waals surface area contributed by atoms with Gasteiger partial charge in [-0.15, -0.1) is 0 Å². The predicted molar refractivity (Wildman–Crippen MR) is 106 cm³/mol. The summed E-state index contributed by atoms with van der Waals surface area (Å²) in [5.74, 6) is 1.57. The Morgan fingerprint density at radius 3 is 2.50 bits per heavy atom. The summed E-state index contributed by atoms with van der Waals surface area (Å²) in [6, 6.07) is 10.8. The molecular formula is C19H20FN7O. The molecule has 0 aliphatic rings. The monoisotopic (exact) mass is 381 g/mol. The van der Waals surface area contributed by atoms with Gasteiger partial charge in [-0.3, -0.25) is 0 Å². The molecule has 0 bridgehead atoms. The van der Waals surface area contributed by atoms with Crippen LogP contribution in [-0.4, -0.2) is 34.1 Å². The van der Waals surface area contributed by atoms with E-state index >= 15 is 0 Å². The highest BCUT2D eigenvalue weighted by Gasteiger charge is 2.03. The number of urea groups is 1. The lowest BCUT2D eigenvalue weighted by Crippen LogP contribution is -2.32. The largest absolute Gasteiger partial charge is 0.368 e. The maximum absolute atomic E-state index is 12.8. The summed E-state index contributed by atoms with van der Waals surface area (Å²) in [5.41, 5.74) is 1.61. The van der Waals surface area contributed by atoms with Gasteiger partial charge in [0.2, 0.25) is 0 Å². The highest BCUT2D eigenvalue weighted by atomic mass is 19.1. The summed E-state index contributed by atoms with van der Waals surface area (Å²) in [7, 11) is 0. The van der Waals surface area contributed by atoms with Crippen LogP contribution >= 0.6 is 0 Å². The molecule has 0 atom stereocenters. The number of carbonyl (C=O) groups is 1. The van der Waals surface area contributed by atoms with Crippen LogP contribution in [0.1, 0.15) is 5.56 Å². The third-order valence-corrected chi connectivity index (χ3v) is 3.66. The number of anilines is 4. The second-order valence-electron chi connectivity index (χ2n) is 5.95. The second-order valence-corrected chi connectivity index (χ2v) is 5.95. The second kappa shape index (κ2) is 9.26. The summed E-state index contributed by atoms with van der Waals surface area (Å²) >= 11 is 0. The molecule has 0 saturated carbocycles. The summed E-state index contributed by atoms with van der Waals surface area (Å²) in [4.78, 5) is 24.3. The quantitative estimate of drug-likeness (QED) is 0.468. The molecule has 1 aromatic carbocycles. The fraction of sp³-hybridized carbons (Fsp3) is 0.158. The number of rotatable bonds is 7. The predicted octanol–water partition coefficient (Wildman–Crippen LogP) is 3.30. The van der Waals surface area contributed by atoms with Crippen LogP contribution in [0, 0.1) is 12.7 Å². The minimum atomic E-state index is -0.371. The molecule has 0 saturated heterocycles. The van der Waals surface area contributed by atoms with Crippen LogP contribution in [0.4, 0.5) is 32.3 Å². The maximum Gasteiger partial charge on any atom is 0.319 e. The molecule has 2 heterocycles. The van der Waals surface area contributed by atoms with E-state index in [-0.39, 0.29) is 11.8 Å². The van der Waals surface area contributed by atoms with Crippen LogP contribution in [0.5, 0.6) is 0 Å². The van der Waals surface area contributed by atoms with Crippen molar-refractivity contribution in [2.24, 2.45) is 0 Å². The van der Waals surface area contributed by atoms with Crippen LogP contribution in [-0.2, 0) is 0 Å². The molecule has 3 aromatic rings. The average Bonchev–Trinajstić information content (AvgIpc) is 2.67. The van der Waals surface area contributed by atoms with E-state index in [4.69, 9.17) is 0 Å². The standard InChI is InChI=1S/C19H20FN7O/c1-13-6-7-21-17(10-13)27-18-11-16(24-12-25-18)22-8-9-23-19(28)26-15-4-2-14(20)3-5-15/h2-7,10-12H,8-9H2,1H3,(H2,23,26,28)(H2,21,22,24,25,27). The number of halogens is 1. The highest BCUT2D eigenvalue weighted by molar-refractivity contribution is 5.89. The van der Waals surface area contributed by atoms with E-state index in [2.05, 4.69) is 36.2 Å². The Hall–Kier alpha value is -3.75. The lowest BCUT2D eigenvalue weighted by Gasteiger charge is -2.10. The van der Waals surface area contributed by atoms with Gasteiger partial charge in [0.05, 0.1) is 0 Å². The van der Waals surface area contributed by atoms with Crippen LogP contribution in [0.15, 0.2) is 55.0 Å². The molecule has 0 fully saturated rings. The molecule has 144 valence electrons. The highest BCUT2D eigenvalue weighted by Crippen LogP contribution is 2.14. The Balaban J connectivity index is 1.43. The van der Waals surface area contributed by atoms with Crippen LogP contribution in [0.3, 0.4) is 0 Å².